The minimum atomic E-state index is -0.682. The topological polar surface area (TPSA) is 92.3 Å². The Bertz CT molecular complexity index is 897. The molecule has 3 amide bonds. The molecule has 1 saturated carbocycles. The lowest BCUT2D eigenvalue weighted by atomic mass is 9.89. The van der Waals surface area contributed by atoms with Crippen molar-refractivity contribution in [3.8, 4) is 0 Å². The van der Waals surface area contributed by atoms with Gasteiger partial charge in [-0.3, -0.25) is 24.6 Å². The lowest BCUT2D eigenvalue weighted by molar-refractivity contribution is -0.123. The molecular formula is C18H18BFN4O3. The van der Waals surface area contributed by atoms with E-state index in [2.05, 4.69) is 22.2 Å². The summed E-state index contributed by atoms with van der Waals surface area (Å²) in [7, 11) is 5.83. The third kappa shape index (κ3) is 4.36. The van der Waals surface area contributed by atoms with Crippen LogP contribution in [-0.4, -0.2) is 47.5 Å². The summed E-state index contributed by atoms with van der Waals surface area (Å²) < 4.78 is 12.8. The van der Waals surface area contributed by atoms with Gasteiger partial charge in [-0.1, -0.05) is 24.5 Å². The van der Waals surface area contributed by atoms with Crippen molar-refractivity contribution in [2.75, 3.05) is 11.9 Å². The maximum atomic E-state index is 12.8. The van der Waals surface area contributed by atoms with Crippen molar-refractivity contribution in [1.82, 2.24) is 14.9 Å². The zero-order chi connectivity index (χ0) is 19.6. The first-order valence-corrected chi connectivity index (χ1v) is 8.32. The predicted molar refractivity (Wildman–Crippen MR) is 98.2 cm³/mol. The third-order valence-electron chi connectivity index (χ3n) is 4.39. The summed E-state index contributed by atoms with van der Waals surface area (Å²) in [6, 6.07) is 4.88. The van der Waals surface area contributed by atoms with Crippen LogP contribution in [0.5, 0.6) is 0 Å². The first-order chi connectivity index (χ1) is 12.9. The maximum absolute atomic E-state index is 12.8. The molecule has 0 saturated heterocycles. The van der Waals surface area contributed by atoms with Crippen molar-refractivity contribution >= 4 is 37.5 Å². The molecule has 3 rings (SSSR count). The molecule has 27 heavy (non-hydrogen) atoms. The largest absolute Gasteiger partial charge is 0.293 e. The van der Waals surface area contributed by atoms with Crippen molar-refractivity contribution in [2.24, 2.45) is 5.92 Å². The van der Waals surface area contributed by atoms with Gasteiger partial charge in [0.25, 0.3) is 5.91 Å². The number of aromatic nitrogens is 2. The van der Waals surface area contributed by atoms with Gasteiger partial charge in [0.2, 0.25) is 18.3 Å². The van der Waals surface area contributed by atoms with Crippen LogP contribution in [0.2, 0.25) is 0 Å². The maximum Gasteiger partial charge on any atom is 0.261 e. The summed E-state index contributed by atoms with van der Waals surface area (Å²) in [5, 5.41) is 2.31. The Labute approximate surface area is 157 Å². The van der Waals surface area contributed by atoms with Gasteiger partial charge in [0, 0.05) is 6.99 Å². The highest BCUT2D eigenvalue weighted by atomic mass is 19.1. The number of carbonyl (C=O) groups is 3. The second-order valence-corrected chi connectivity index (χ2v) is 6.48. The fourth-order valence-electron chi connectivity index (χ4n) is 2.85. The van der Waals surface area contributed by atoms with E-state index in [1.807, 2.05) is 0 Å². The molecule has 2 aromatic rings. The van der Waals surface area contributed by atoms with Crippen molar-refractivity contribution < 1.29 is 20.2 Å². The summed E-state index contributed by atoms with van der Waals surface area (Å²) >= 11 is 0. The van der Waals surface area contributed by atoms with Crippen molar-refractivity contribution in [2.45, 2.75) is 19.3 Å². The monoisotopic (exact) mass is 368 g/mol. The zero-order valence-corrected chi connectivity index (χ0v) is 14.6. The van der Waals surface area contributed by atoms with Crippen molar-refractivity contribution in [1.29, 1.82) is 0 Å². The fraction of sp³-hybridized carbons (Fsp3) is 0.278. The number of nitrogens with zero attached hydrogens (tertiary/aromatic N) is 3. The molecule has 9 heteroatoms. The van der Waals surface area contributed by atoms with Gasteiger partial charge in [-0.15, -0.1) is 0 Å². The molecule has 7 nitrogen and oxygen atoms in total. The van der Waals surface area contributed by atoms with Gasteiger partial charge in [0.05, 0.1) is 12.4 Å². The summed E-state index contributed by atoms with van der Waals surface area (Å²) in [6.07, 6.45) is 3.02. The van der Waals surface area contributed by atoms with E-state index in [0.717, 1.165) is 29.3 Å². The number of hydrogen-bond donors (Lipinski definition) is 1. The molecule has 1 heterocycles. The summed E-state index contributed by atoms with van der Waals surface area (Å²) in [5.74, 6) is -1.40. The molecule has 0 aliphatic heterocycles. The Kier molecular flexibility index (Phi) is 5.29. The van der Waals surface area contributed by atoms with Crippen LogP contribution in [0.15, 0.2) is 30.6 Å². The number of anilines is 1. The van der Waals surface area contributed by atoms with E-state index in [1.54, 1.807) is 18.2 Å². The average molecular weight is 368 g/mol. The van der Waals surface area contributed by atoms with Gasteiger partial charge in [0.1, 0.15) is 14.4 Å². The predicted octanol–water partition coefficient (Wildman–Crippen LogP) is 1.02. The number of imide groups is 1. The van der Waals surface area contributed by atoms with Gasteiger partial charge < -0.3 is 0 Å². The number of rotatable bonds is 6. The van der Waals surface area contributed by atoms with E-state index >= 15 is 0 Å². The van der Waals surface area contributed by atoms with Crippen LogP contribution in [0.1, 0.15) is 36.6 Å². The summed E-state index contributed by atoms with van der Waals surface area (Å²) in [5.41, 5.74) is 1.66. The van der Waals surface area contributed by atoms with Gasteiger partial charge in [-0.05, 0) is 29.9 Å². The van der Waals surface area contributed by atoms with Crippen molar-refractivity contribution in [3.05, 3.63) is 47.5 Å². The van der Waals surface area contributed by atoms with Gasteiger partial charge >= 0.3 is 0 Å². The quantitative estimate of drug-likeness (QED) is 0.607. The number of carbonyl (C=O) groups excluding carboxylic acids is 3. The molecule has 1 aromatic carbocycles. The fourth-order valence-corrected chi connectivity index (χ4v) is 2.85. The molecule has 1 fully saturated rings. The van der Waals surface area contributed by atoms with Crippen molar-refractivity contribution in [3.63, 3.8) is 0 Å². The molecule has 138 valence electrons. The molecule has 0 bridgehead atoms. The SMILES string of the molecule is [B]c1ccc(C(=O)N(C=O)CC(=O)Nc2ncc(F)cn2)c([C@@H]2C[C@H]2C)c1.[HH]. The normalized spacial score (nSPS) is 17.9. The van der Waals surface area contributed by atoms with Gasteiger partial charge in [-0.2, -0.15) is 0 Å². The molecule has 1 aliphatic carbocycles. The Morgan fingerprint density at radius 2 is 2.07 bits per heavy atom. The molecule has 1 aromatic heterocycles. The van der Waals surface area contributed by atoms with Crippen LogP contribution in [0.25, 0.3) is 0 Å². The second-order valence-electron chi connectivity index (χ2n) is 6.48. The lowest BCUT2D eigenvalue weighted by Crippen LogP contribution is -2.37. The highest BCUT2D eigenvalue weighted by Crippen LogP contribution is 2.47. The van der Waals surface area contributed by atoms with E-state index < -0.39 is 24.2 Å². The van der Waals surface area contributed by atoms with Crippen LogP contribution < -0.4 is 10.8 Å². The van der Waals surface area contributed by atoms with E-state index in [4.69, 9.17) is 7.85 Å². The minimum absolute atomic E-state index is 0. The van der Waals surface area contributed by atoms with E-state index in [0.29, 0.717) is 23.4 Å². The van der Waals surface area contributed by atoms with Gasteiger partial charge in [0.15, 0.2) is 5.82 Å². The van der Waals surface area contributed by atoms with Crippen LogP contribution in [-0.2, 0) is 9.59 Å². The lowest BCUT2D eigenvalue weighted by Gasteiger charge is -2.17. The molecule has 2 atom stereocenters. The molecular weight excluding hydrogens is 350 g/mol. The van der Waals surface area contributed by atoms with E-state index in [-0.39, 0.29) is 13.3 Å². The van der Waals surface area contributed by atoms with Crippen LogP contribution in [0, 0.1) is 11.7 Å². The number of nitrogens with one attached hydrogen (secondary N) is 1. The first-order valence-electron chi connectivity index (χ1n) is 8.32. The first kappa shape index (κ1) is 18.7. The number of benzene rings is 1. The summed E-state index contributed by atoms with van der Waals surface area (Å²) in [4.78, 5) is 44.2. The smallest absolute Gasteiger partial charge is 0.261 e. The second kappa shape index (κ2) is 7.65. The molecule has 2 radical (unpaired) electrons. The molecule has 1 aliphatic rings. The zero-order valence-electron chi connectivity index (χ0n) is 14.6. The van der Waals surface area contributed by atoms with Crippen LogP contribution >= 0.6 is 0 Å². The van der Waals surface area contributed by atoms with Gasteiger partial charge in [-0.25, -0.2) is 14.4 Å². The Balaban J connectivity index is 0.00000280. The van der Waals surface area contributed by atoms with Crippen LogP contribution in [0.4, 0.5) is 10.3 Å². The number of halogens is 1. The standard InChI is InChI=1S/C18H16BFN4O3.H2/c1-10-4-14(10)15-5-11(19)2-3-13(15)17(27)24(9-25)8-16(26)23-18-21-6-12(20)7-22-18;/h2-3,5-7,9-10,14H,4,8H2,1H3,(H,21,22,23,26);1H/t10-,14-;/m1./s1. The molecule has 0 unspecified atom stereocenters. The molecule has 1 N–H and O–H groups in total. The van der Waals surface area contributed by atoms with Crippen LogP contribution in [0.3, 0.4) is 0 Å². The van der Waals surface area contributed by atoms with E-state index in [1.165, 1.54) is 0 Å². The Hall–Kier alpha value is -3.10. The highest BCUT2D eigenvalue weighted by molar-refractivity contribution is 6.32. The minimum Gasteiger partial charge on any atom is -0.293 e. The third-order valence-corrected chi connectivity index (χ3v) is 4.39. The average Bonchev–Trinajstić information content (AvgIpc) is 3.37. The highest BCUT2D eigenvalue weighted by Gasteiger charge is 2.37. The Morgan fingerprint density at radius 3 is 2.67 bits per heavy atom. The van der Waals surface area contributed by atoms with E-state index in [9.17, 15) is 18.8 Å². The Morgan fingerprint density at radius 1 is 1.41 bits per heavy atom. The summed E-state index contributed by atoms with van der Waals surface area (Å²) in [6.45, 7) is 1.54. The number of hydrogen-bond acceptors (Lipinski definition) is 5. The number of amides is 3. The molecule has 0 spiro atoms.